The van der Waals surface area contributed by atoms with Crippen molar-refractivity contribution >= 4 is 5.97 Å². The predicted molar refractivity (Wildman–Crippen MR) is 106 cm³/mol. The smallest absolute Gasteiger partial charge is 0.320 e. The van der Waals surface area contributed by atoms with Crippen molar-refractivity contribution in [3.63, 3.8) is 0 Å². The number of nitrogens with zero attached hydrogens (tertiary/aromatic N) is 1. The molecule has 0 amide bonds. The Labute approximate surface area is 165 Å². The molecule has 2 atom stereocenters. The van der Waals surface area contributed by atoms with Gasteiger partial charge in [-0.2, -0.15) is 0 Å². The first-order chi connectivity index (χ1) is 13.6. The normalized spacial score (nSPS) is 18.3. The zero-order valence-corrected chi connectivity index (χ0v) is 16.6. The van der Waals surface area contributed by atoms with Crippen molar-refractivity contribution in [3.05, 3.63) is 53.6 Å². The van der Waals surface area contributed by atoms with Gasteiger partial charge in [-0.15, -0.1) is 0 Å². The first kappa shape index (κ1) is 20.0. The molecule has 150 valence electrons. The zero-order chi connectivity index (χ0) is 20.1. The minimum atomic E-state index is -0.786. The van der Waals surface area contributed by atoms with Crippen LogP contribution in [0.25, 0.3) is 0 Å². The Balaban J connectivity index is 2.12. The quantitative estimate of drug-likeness (QED) is 0.783. The van der Waals surface area contributed by atoms with Crippen molar-refractivity contribution in [2.24, 2.45) is 0 Å². The summed E-state index contributed by atoms with van der Waals surface area (Å²) in [5.74, 6) is 1.35. The fourth-order valence-electron chi connectivity index (χ4n) is 3.91. The van der Waals surface area contributed by atoms with Gasteiger partial charge in [0.05, 0.1) is 27.4 Å². The highest BCUT2D eigenvalue weighted by Gasteiger charge is 2.36. The van der Waals surface area contributed by atoms with Gasteiger partial charge in [0.25, 0.3) is 0 Å². The van der Waals surface area contributed by atoms with Crippen LogP contribution in [0.5, 0.6) is 17.2 Å². The number of ether oxygens (including phenoxy) is 3. The summed E-state index contributed by atoms with van der Waals surface area (Å²) in [6.07, 6.45) is 2.53. The number of carboxylic acids is 1. The molecule has 1 heterocycles. The molecule has 3 rings (SSSR count). The molecule has 0 saturated carbocycles. The highest BCUT2D eigenvalue weighted by molar-refractivity contribution is 5.74. The van der Waals surface area contributed by atoms with Gasteiger partial charge in [0, 0.05) is 11.6 Å². The highest BCUT2D eigenvalue weighted by atomic mass is 16.5. The first-order valence-corrected chi connectivity index (χ1v) is 9.43. The number of rotatable bonds is 7. The van der Waals surface area contributed by atoms with Gasteiger partial charge in [-0.05, 0) is 49.2 Å². The van der Waals surface area contributed by atoms with Crippen LogP contribution in [0.1, 0.15) is 36.4 Å². The molecule has 1 fully saturated rings. The fourth-order valence-corrected chi connectivity index (χ4v) is 3.91. The van der Waals surface area contributed by atoms with E-state index in [0.717, 1.165) is 29.7 Å². The molecule has 0 aliphatic carbocycles. The standard InChI is InChI=1S/C22H27NO5/c1-26-16-9-7-15(8-10-16)21(23-13-5-4-6-19(23)22(24)25)18-12-11-17(27-2)14-20(18)28-3/h7-12,14,19,21H,4-6,13H2,1-3H3,(H,24,25). The van der Waals surface area contributed by atoms with E-state index in [9.17, 15) is 9.90 Å². The van der Waals surface area contributed by atoms with Crippen LogP contribution < -0.4 is 14.2 Å². The summed E-state index contributed by atoms with van der Waals surface area (Å²) in [5, 5.41) is 9.83. The van der Waals surface area contributed by atoms with Crippen molar-refractivity contribution in [1.82, 2.24) is 4.90 Å². The lowest BCUT2D eigenvalue weighted by molar-refractivity contribution is -0.145. The average Bonchev–Trinajstić information content (AvgIpc) is 2.74. The zero-order valence-electron chi connectivity index (χ0n) is 16.6. The van der Waals surface area contributed by atoms with Crippen LogP contribution in [-0.4, -0.2) is 49.9 Å². The number of methoxy groups -OCH3 is 3. The minimum Gasteiger partial charge on any atom is -0.497 e. The molecular weight excluding hydrogens is 358 g/mol. The van der Waals surface area contributed by atoms with Crippen LogP contribution in [0, 0.1) is 0 Å². The molecule has 2 unspecified atom stereocenters. The molecule has 1 saturated heterocycles. The third kappa shape index (κ3) is 4.07. The summed E-state index contributed by atoms with van der Waals surface area (Å²) < 4.78 is 16.3. The number of hydrogen-bond donors (Lipinski definition) is 1. The van der Waals surface area contributed by atoms with E-state index in [2.05, 4.69) is 4.90 Å². The van der Waals surface area contributed by atoms with E-state index in [1.165, 1.54) is 0 Å². The van der Waals surface area contributed by atoms with Gasteiger partial charge in [0.1, 0.15) is 23.3 Å². The van der Waals surface area contributed by atoms with Gasteiger partial charge in [-0.3, -0.25) is 9.69 Å². The number of aliphatic carboxylic acids is 1. The van der Waals surface area contributed by atoms with Crippen molar-refractivity contribution in [2.75, 3.05) is 27.9 Å². The Kier molecular flexibility index (Phi) is 6.41. The van der Waals surface area contributed by atoms with E-state index in [0.29, 0.717) is 24.5 Å². The number of piperidine rings is 1. The number of likely N-dealkylation sites (tertiary alicyclic amines) is 1. The Morgan fingerprint density at radius 2 is 1.68 bits per heavy atom. The van der Waals surface area contributed by atoms with Gasteiger partial charge < -0.3 is 19.3 Å². The third-order valence-corrected chi connectivity index (χ3v) is 5.33. The molecule has 6 nitrogen and oxygen atoms in total. The Morgan fingerprint density at radius 1 is 1.00 bits per heavy atom. The summed E-state index contributed by atoms with van der Waals surface area (Å²) in [6.45, 7) is 0.711. The van der Waals surface area contributed by atoms with Gasteiger partial charge in [0.2, 0.25) is 0 Å². The maximum Gasteiger partial charge on any atom is 0.320 e. The van der Waals surface area contributed by atoms with Crippen molar-refractivity contribution in [1.29, 1.82) is 0 Å². The van der Waals surface area contributed by atoms with Crippen LogP contribution in [0.15, 0.2) is 42.5 Å². The highest BCUT2D eigenvalue weighted by Crippen LogP contribution is 2.40. The second-order valence-corrected chi connectivity index (χ2v) is 6.87. The second-order valence-electron chi connectivity index (χ2n) is 6.87. The lowest BCUT2D eigenvalue weighted by Crippen LogP contribution is -2.46. The lowest BCUT2D eigenvalue weighted by atomic mass is 9.91. The number of carbonyl (C=O) groups is 1. The lowest BCUT2D eigenvalue weighted by Gasteiger charge is -2.40. The van der Waals surface area contributed by atoms with E-state index in [-0.39, 0.29) is 6.04 Å². The topological polar surface area (TPSA) is 68.2 Å². The van der Waals surface area contributed by atoms with Gasteiger partial charge in [0.15, 0.2) is 0 Å². The summed E-state index contributed by atoms with van der Waals surface area (Å²) >= 11 is 0. The average molecular weight is 385 g/mol. The molecule has 28 heavy (non-hydrogen) atoms. The van der Waals surface area contributed by atoms with Crippen LogP contribution in [0.3, 0.4) is 0 Å². The molecule has 1 aliphatic rings. The van der Waals surface area contributed by atoms with Crippen molar-refractivity contribution in [3.8, 4) is 17.2 Å². The minimum absolute atomic E-state index is 0.242. The molecule has 1 N–H and O–H groups in total. The molecule has 6 heteroatoms. The molecule has 1 aliphatic heterocycles. The third-order valence-electron chi connectivity index (χ3n) is 5.33. The maximum atomic E-state index is 12.0. The van der Waals surface area contributed by atoms with Crippen LogP contribution in [0.4, 0.5) is 0 Å². The number of carboxylic acid groups (broad SMARTS) is 1. The molecule has 2 aromatic carbocycles. The summed E-state index contributed by atoms with van der Waals surface area (Å²) in [4.78, 5) is 14.0. The van der Waals surface area contributed by atoms with E-state index >= 15 is 0 Å². The SMILES string of the molecule is COc1ccc(C(c2ccc(OC)cc2OC)N2CCCCC2C(=O)O)cc1. The number of benzene rings is 2. The van der Waals surface area contributed by atoms with Gasteiger partial charge in [-0.1, -0.05) is 18.6 Å². The summed E-state index contributed by atoms with van der Waals surface area (Å²) in [6, 6.07) is 12.7. The van der Waals surface area contributed by atoms with E-state index < -0.39 is 12.0 Å². The van der Waals surface area contributed by atoms with E-state index in [4.69, 9.17) is 14.2 Å². The van der Waals surface area contributed by atoms with Crippen LogP contribution in [-0.2, 0) is 4.79 Å². The monoisotopic (exact) mass is 385 g/mol. The van der Waals surface area contributed by atoms with Crippen molar-refractivity contribution < 1.29 is 24.1 Å². The summed E-state index contributed by atoms with van der Waals surface area (Å²) in [7, 11) is 4.86. The molecular formula is C22H27NO5. The Bertz CT molecular complexity index is 805. The fraction of sp³-hybridized carbons (Fsp3) is 0.409. The van der Waals surface area contributed by atoms with Crippen LogP contribution >= 0.6 is 0 Å². The summed E-state index contributed by atoms with van der Waals surface area (Å²) in [5.41, 5.74) is 1.92. The Morgan fingerprint density at radius 3 is 2.29 bits per heavy atom. The largest absolute Gasteiger partial charge is 0.497 e. The maximum absolute atomic E-state index is 12.0. The molecule has 2 aromatic rings. The van der Waals surface area contributed by atoms with Crippen molar-refractivity contribution in [2.45, 2.75) is 31.3 Å². The van der Waals surface area contributed by atoms with E-state index in [1.54, 1.807) is 21.3 Å². The predicted octanol–water partition coefficient (Wildman–Crippen LogP) is 3.74. The van der Waals surface area contributed by atoms with Crippen LogP contribution in [0.2, 0.25) is 0 Å². The number of hydrogen-bond acceptors (Lipinski definition) is 5. The van der Waals surface area contributed by atoms with Gasteiger partial charge in [-0.25, -0.2) is 0 Å². The second kappa shape index (κ2) is 8.97. The molecule has 0 aromatic heterocycles. The Hall–Kier alpha value is -2.73. The molecule has 0 spiro atoms. The van der Waals surface area contributed by atoms with E-state index in [1.807, 2.05) is 42.5 Å². The first-order valence-electron chi connectivity index (χ1n) is 9.43. The molecule has 0 radical (unpaired) electrons. The van der Waals surface area contributed by atoms with Gasteiger partial charge >= 0.3 is 5.97 Å². The molecule has 0 bridgehead atoms.